The predicted molar refractivity (Wildman–Crippen MR) is 79.0 cm³/mol. The molecule has 0 bridgehead atoms. The Hall–Kier alpha value is -0.570. The van der Waals surface area contributed by atoms with Gasteiger partial charge in [-0.3, -0.25) is 4.79 Å². The molecular weight excluding hydrogens is 236 g/mol. The lowest BCUT2D eigenvalue weighted by molar-refractivity contribution is -0.121. The molecule has 3 nitrogen and oxygen atoms in total. The van der Waals surface area contributed by atoms with E-state index in [2.05, 4.69) is 17.6 Å². The van der Waals surface area contributed by atoms with E-state index in [9.17, 15) is 4.79 Å². The first-order chi connectivity index (χ1) is 9.24. The van der Waals surface area contributed by atoms with Gasteiger partial charge in [-0.1, -0.05) is 32.1 Å². The van der Waals surface area contributed by atoms with Gasteiger partial charge in [-0.15, -0.1) is 0 Å². The third-order valence-electron chi connectivity index (χ3n) is 4.86. The summed E-state index contributed by atoms with van der Waals surface area (Å²) in [5, 5.41) is 6.62. The Kier molecular flexibility index (Phi) is 6.15. The molecule has 19 heavy (non-hydrogen) atoms. The Balaban J connectivity index is 1.54. The first kappa shape index (κ1) is 14.8. The van der Waals surface area contributed by atoms with Crippen molar-refractivity contribution in [1.29, 1.82) is 0 Å². The molecule has 2 rings (SSSR count). The summed E-state index contributed by atoms with van der Waals surface area (Å²) in [6.07, 6.45) is 11.2. The summed E-state index contributed by atoms with van der Waals surface area (Å²) >= 11 is 0. The molecule has 2 N–H and O–H groups in total. The maximum atomic E-state index is 11.9. The highest BCUT2D eigenvalue weighted by molar-refractivity contribution is 5.75. The normalized spacial score (nSPS) is 29.1. The fourth-order valence-corrected chi connectivity index (χ4v) is 3.39. The number of carbonyl (C=O) groups is 1. The summed E-state index contributed by atoms with van der Waals surface area (Å²) in [6, 6.07) is 0.651. The van der Waals surface area contributed by atoms with Gasteiger partial charge in [0, 0.05) is 19.0 Å². The lowest BCUT2D eigenvalue weighted by Gasteiger charge is -2.27. The Morgan fingerprint density at radius 1 is 1.11 bits per heavy atom. The van der Waals surface area contributed by atoms with Crippen LogP contribution in [0.25, 0.3) is 0 Å². The first-order valence-corrected chi connectivity index (χ1v) is 8.24. The van der Waals surface area contributed by atoms with Crippen molar-refractivity contribution >= 4 is 5.91 Å². The van der Waals surface area contributed by atoms with Crippen LogP contribution in [0.2, 0.25) is 0 Å². The van der Waals surface area contributed by atoms with E-state index >= 15 is 0 Å². The van der Waals surface area contributed by atoms with Crippen LogP contribution in [-0.2, 0) is 4.79 Å². The minimum atomic E-state index is 0.268. The standard InChI is InChI=1S/C16H30N2O/c1-13-7-8-15(11-17-13)12-18-16(19)10-9-14-5-3-2-4-6-14/h13-15,17H,2-12H2,1H3,(H,18,19). The zero-order chi connectivity index (χ0) is 13.5. The van der Waals surface area contributed by atoms with Crippen molar-refractivity contribution in [2.75, 3.05) is 13.1 Å². The second-order valence-electron chi connectivity index (χ2n) is 6.60. The number of hydrogen-bond acceptors (Lipinski definition) is 2. The molecule has 1 heterocycles. The van der Waals surface area contributed by atoms with Crippen molar-refractivity contribution in [3.8, 4) is 0 Å². The molecule has 2 unspecified atom stereocenters. The Morgan fingerprint density at radius 3 is 2.58 bits per heavy atom. The molecule has 2 atom stereocenters. The highest BCUT2D eigenvalue weighted by Crippen LogP contribution is 2.27. The third-order valence-corrected chi connectivity index (χ3v) is 4.86. The van der Waals surface area contributed by atoms with E-state index in [1.165, 1.54) is 44.9 Å². The lowest BCUT2D eigenvalue weighted by atomic mass is 9.86. The second kappa shape index (κ2) is 7.88. The van der Waals surface area contributed by atoms with Gasteiger partial charge in [0.1, 0.15) is 0 Å². The highest BCUT2D eigenvalue weighted by atomic mass is 16.1. The number of carbonyl (C=O) groups excluding carboxylic acids is 1. The summed E-state index contributed by atoms with van der Waals surface area (Å²) in [5.41, 5.74) is 0. The predicted octanol–water partition coefficient (Wildman–Crippen LogP) is 2.85. The van der Waals surface area contributed by atoms with E-state index in [1.54, 1.807) is 0 Å². The number of rotatable bonds is 5. The van der Waals surface area contributed by atoms with E-state index in [0.717, 1.165) is 31.8 Å². The molecule has 3 heteroatoms. The Morgan fingerprint density at radius 2 is 1.89 bits per heavy atom. The second-order valence-corrected chi connectivity index (χ2v) is 6.60. The molecule has 1 saturated heterocycles. The van der Waals surface area contributed by atoms with Crippen molar-refractivity contribution in [2.45, 2.75) is 70.8 Å². The van der Waals surface area contributed by atoms with Crippen LogP contribution in [0.1, 0.15) is 64.7 Å². The van der Waals surface area contributed by atoms with Crippen LogP contribution < -0.4 is 10.6 Å². The molecule has 2 aliphatic rings. The van der Waals surface area contributed by atoms with E-state index < -0.39 is 0 Å². The van der Waals surface area contributed by atoms with Gasteiger partial charge >= 0.3 is 0 Å². The maximum Gasteiger partial charge on any atom is 0.220 e. The molecule has 2 fully saturated rings. The van der Waals surface area contributed by atoms with Crippen LogP contribution in [0.3, 0.4) is 0 Å². The third kappa shape index (κ3) is 5.52. The van der Waals surface area contributed by atoms with Crippen LogP contribution in [0.15, 0.2) is 0 Å². The minimum Gasteiger partial charge on any atom is -0.356 e. The number of piperidine rings is 1. The topological polar surface area (TPSA) is 41.1 Å². The van der Waals surface area contributed by atoms with Crippen LogP contribution in [0, 0.1) is 11.8 Å². The van der Waals surface area contributed by atoms with Gasteiger partial charge < -0.3 is 10.6 Å². The van der Waals surface area contributed by atoms with Crippen LogP contribution in [0.4, 0.5) is 0 Å². The fraction of sp³-hybridized carbons (Fsp3) is 0.938. The molecule has 1 aliphatic carbocycles. The van der Waals surface area contributed by atoms with E-state index in [1.807, 2.05) is 0 Å². The number of hydrogen-bond donors (Lipinski definition) is 2. The van der Waals surface area contributed by atoms with Gasteiger partial charge in [-0.2, -0.15) is 0 Å². The zero-order valence-electron chi connectivity index (χ0n) is 12.4. The van der Waals surface area contributed by atoms with E-state index in [-0.39, 0.29) is 5.91 Å². The van der Waals surface area contributed by atoms with Crippen LogP contribution >= 0.6 is 0 Å². The molecular formula is C16H30N2O. The molecule has 0 radical (unpaired) electrons. The van der Waals surface area contributed by atoms with Crippen molar-refractivity contribution in [2.24, 2.45) is 11.8 Å². The smallest absolute Gasteiger partial charge is 0.220 e. The van der Waals surface area contributed by atoms with E-state index in [0.29, 0.717) is 12.0 Å². The minimum absolute atomic E-state index is 0.268. The summed E-state index contributed by atoms with van der Waals surface area (Å²) in [6.45, 7) is 4.16. The zero-order valence-corrected chi connectivity index (χ0v) is 12.4. The lowest BCUT2D eigenvalue weighted by Crippen LogP contribution is -2.42. The molecule has 110 valence electrons. The van der Waals surface area contributed by atoms with Crippen molar-refractivity contribution in [1.82, 2.24) is 10.6 Å². The maximum absolute atomic E-state index is 11.9. The average molecular weight is 266 g/mol. The average Bonchev–Trinajstić information content (AvgIpc) is 2.45. The summed E-state index contributed by atoms with van der Waals surface area (Å²) in [4.78, 5) is 11.9. The van der Waals surface area contributed by atoms with Crippen molar-refractivity contribution in [3.05, 3.63) is 0 Å². The summed E-state index contributed by atoms with van der Waals surface area (Å²) in [7, 11) is 0. The van der Waals surface area contributed by atoms with Crippen LogP contribution in [-0.4, -0.2) is 25.0 Å². The molecule has 0 aromatic rings. The molecule has 1 saturated carbocycles. The van der Waals surface area contributed by atoms with Crippen LogP contribution in [0.5, 0.6) is 0 Å². The fourth-order valence-electron chi connectivity index (χ4n) is 3.39. The number of nitrogens with one attached hydrogen (secondary N) is 2. The largest absolute Gasteiger partial charge is 0.356 e. The van der Waals surface area contributed by atoms with Gasteiger partial charge in [0.25, 0.3) is 0 Å². The Labute approximate surface area is 117 Å². The summed E-state index contributed by atoms with van der Waals surface area (Å²) in [5.74, 6) is 1.72. The van der Waals surface area contributed by atoms with Crippen molar-refractivity contribution in [3.63, 3.8) is 0 Å². The monoisotopic (exact) mass is 266 g/mol. The Bertz CT molecular complexity index is 266. The quantitative estimate of drug-likeness (QED) is 0.803. The SMILES string of the molecule is CC1CCC(CNC(=O)CCC2CCCCC2)CN1. The van der Waals surface area contributed by atoms with Gasteiger partial charge in [-0.05, 0) is 44.6 Å². The van der Waals surface area contributed by atoms with Gasteiger partial charge in [0.15, 0.2) is 0 Å². The molecule has 0 spiro atoms. The highest BCUT2D eigenvalue weighted by Gasteiger charge is 2.18. The van der Waals surface area contributed by atoms with E-state index in [4.69, 9.17) is 0 Å². The molecule has 0 aromatic carbocycles. The molecule has 1 amide bonds. The molecule has 0 aromatic heterocycles. The van der Waals surface area contributed by atoms with Crippen molar-refractivity contribution < 1.29 is 4.79 Å². The van der Waals surface area contributed by atoms with Gasteiger partial charge in [0.05, 0.1) is 0 Å². The summed E-state index contributed by atoms with van der Waals surface area (Å²) < 4.78 is 0. The van der Waals surface area contributed by atoms with Gasteiger partial charge in [0.2, 0.25) is 5.91 Å². The van der Waals surface area contributed by atoms with Gasteiger partial charge in [-0.25, -0.2) is 0 Å². The number of amides is 1. The first-order valence-electron chi connectivity index (χ1n) is 8.24. The molecule has 1 aliphatic heterocycles.